The molecule has 0 bridgehead atoms. The Morgan fingerprint density at radius 3 is 2.71 bits per heavy atom. The molecule has 1 aromatic carbocycles. The number of carbonyl (C=O) groups excluding carboxylic acids is 1. The highest BCUT2D eigenvalue weighted by molar-refractivity contribution is 9.10. The molecule has 0 saturated heterocycles. The maximum absolute atomic E-state index is 11.7. The van der Waals surface area contributed by atoms with Crippen LogP contribution in [0.15, 0.2) is 28.7 Å². The van der Waals surface area contributed by atoms with Gasteiger partial charge in [-0.25, -0.2) is 0 Å². The molecular weight excluding hydrogens is 278 g/mol. The van der Waals surface area contributed by atoms with Crippen molar-refractivity contribution in [2.75, 3.05) is 0 Å². The zero-order chi connectivity index (χ0) is 12.7. The van der Waals surface area contributed by atoms with Crippen LogP contribution in [-0.2, 0) is 4.79 Å². The molecule has 0 aromatic heterocycles. The summed E-state index contributed by atoms with van der Waals surface area (Å²) in [4.78, 5) is 11.7. The second-order valence-electron chi connectivity index (χ2n) is 4.27. The normalized spacial score (nSPS) is 12.2. The number of benzene rings is 1. The summed E-state index contributed by atoms with van der Waals surface area (Å²) >= 11 is 3.50. The van der Waals surface area contributed by atoms with Gasteiger partial charge in [0.1, 0.15) is 0 Å². The lowest BCUT2D eigenvalue weighted by atomic mass is 10.1. The molecule has 94 valence electrons. The second-order valence-corrected chi connectivity index (χ2v) is 5.12. The lowest BCUT2D eigenvalue weighted by molar-refractivity contribution is -0.121. The standard InChI is InChI=1S/C14H20BrNO/c1-3-4-5-10-14(17)16-11(2)12-8-6-7-9-13(12)15/h6-9,11H,3-5,10H2,1-2H3,(H,16,17). The Bertz CT molecular complexity index is 365. The first-order chi connectivity index (χ1) is 8.15. The molecule has 0 aliphatic rings. The Morgan fingerprint density at radius 1 is 1.35 bits per heavy atom. The van der Waals surface area contributed by atoms with Crippen molar-refractivity contribution in [2.24, 2.45) is 0 Å². The molecule has 1 rings (SSSR count). The Labute approximate surface area is 112 Å². The predicted octanol–water partition coefficient (Wildman–Crippen LogP) is 4.21. The molecule has 1 amide bonds. The maximum atomic E-state index is 11.7. The smallest absolute Gasteiger partial charge is 0.220 e. The Morgan fingerprint density at radius 2 is 2.06 bits per heavy atom. The van der Waals surface area contributed by atoms with Crippen LogP contribution < -0.4 is 5.32 Å². The van der Waals surface area contributed by atoms with Crippen molar-refractivity contribution < 1.29 is 4.79 Å². The maximum Gasteiger partial charge on any atom is 0.220 e. The van der Waals surface area contributed by atoms with E-state index in [4.69, 9.17) is 0 Å². The molecule has 0 heterocycles. The van der Waals surface area contributed by atoms with Crippen LogP contribution in [0.25, 0.3) is 0 Å². The van der Waals surface area contributed by atoms with Crippen LogP contribution in [0.1, 0.15) is 51.1 Å². The fraction of sp³-hybridized carbons (Fsp3) is 0.500. The first kappa shape index (κ1) is 14.2. The minimum Gasteiger partial charge on any atom is -0.350 e. The summed E-state index contributed by atoms with van der Waals surface area (Å²) in [7, 11) is 0. The molecule has 0 radical (unpaired) electrons. The summed E-state index contributed by atoms with van der Waals surface area (Å²) in [6, 6.07) is 8.04. The minimum atomic E-state index is 0.0553. The van der Waals surface area contributed by atoms with Gasteiger partial charge in [-0.15, -0.1) is 0 Å². The summed E-state index contributed by atoms with van der Waals surface area (Å²) in [5.74, 6) is 0.140. The molecule has 1 aromatic rings. The SMILES string of the molecule is CCCCCC(=O)NC(C)c1ccccc1Br. The third-order valence-electron chi connectivity index (χ3n) is 2.76. The van der Waals surface area contributed by atoms with E-state index in [0.29, 0.717) is 6.42 Å². The second kappa shape index (κ2) is 7.49. The van der Waals surface area contributed by atoms with Gasteiger partial charge in [0, 0.05) is 10.9 Å². The van der Waals surface area contributed by atoms with E-state index in [0.717, 1.165) is 29.3 Å². The van der Waals surface area contributed by atoms with Crippen molar-refractivity contribution in [1.82, 2.24) is 5.32 Å². The molecule has 1 atom stereocenters. The van der Waals surface area contributed by atoms with Crippen molar-refractivity contribution in [2.45, 2.75) is 45.6 Å². The van der Waals surface area contributed by atoms with E-state index in [9.17, 15) is 4.79 Å². The van der Waals surface area contributed by atoms with Crippen LogP contribution >= 0.6 is 15.9 Å². The molecule has 0 spiro atoms. The highest BCUT2D eigenvalue weighted by Gasteiger charge is 2.11. The molecule has 1 unspecified atom stereocenters. The third kappa shape index (κ3) is 4.90. The van der Waals surface area contributed by atoms with E-state index >= 15 is 0 Å². The monoisotopic (exact) mass is 297 g/mol. The Kier molecular flexibility index (Phi) is 6.27. The van der Waals surface area contributed by atoms with E-state index in [2.05, 4.69) is 28.2 Å². The highest BCUT2D eigenvalue weighted by atomic mass is 79.9. The first-order valence-corrected chi connectivity index (χ1v) is 6.98. The summed E-state index contributed by atoms with van der Waals surface area (Å²) in [5.41, 5.74) is 1.12. The first-order valence-electron chi connectivity index (χ1n) is 6.19. The Balaban J connectivity index is 2.46. The van der Waals surface area contributed by atoms with Gasteiger partial charge in [0.2, 0.25) is 5.91 Å². The van der Waals surface area contributed by atoms with Crippen LogP contribution in [-0.4, -0.2) is 5.91 Å². The Hall–Kier alpha value is -0.830. The van der Waals surface area contributed by atoms with Crippen LogP contribution in [0.2, 0.25) is 0 Å². The quantitative estimate of drug-likeness (QED) is 0.783. The summed E-state index contributed by atoms with van der Waals surface area (Å²) in [6.07, 6.45) is 3.87. The van der Waals surface area contributed by atoms with Gasteiger partial charge < -0.3 is 5.32 Å². The topological polar surface area (TPSA) is 29.1 Å². The van der Waals surface area contributed by atoms with Gasteiger partial charge in [-0.05, 0) is 25.0 Å². The molecular formula is C14H20BrNO. The van der Waals surface area contributed by atoms with Gasteiger partial charge in [-0.1, -0.05) is 53.9 Å². The molecule has 1 N–H and O–H groups in total. The summed E-state index contributed by atoms with van der Waals surface area (Å²) in [6.45, 7) is 4.15. The highest BCUT2D eigenvalue weighted by Crippen LogP contribution is 2.22. The number of amides is 1. The lowest BCUT2D eigenvalue weighted by Gasteiger charge is -2.15. The third-order valence-corrected chi connectivity index (χ3v) is 3.48. The molecule has 0 aliphatic carbocycles. The van der Waals surface area contributed by atoms with E-state index in [1.165, 1.54) is 0 Å². The number of unbranched alkanes of at least 4 members (excludes halogenated alkanes) is 2. The lowest BCUT2D eigenvalue weighted by Crippen LogP contribution is -2.26. The van der Waals surface area contributed by atoms with E-state index in [-0.39, 0.29) is 11.9 Å². The van der Waals surface area contributed by atoms with Gasteiger partial charge in [0.15, 0.2) is 0 Å². The largest absolute Gasteiger partial charge is 0.350 e. The molecule has 0 fully saturated rings. The van der Waals surface area contributed by atoms with Crippen LogP contribution in [0, 0.1) is 0 Å². The van der Waals surface area contributed by atoms with Crippen molar-refractivity contribution in [3.63, 3.8) is 0 Å². The molecule has 0 saturated carbocycles. The van der Waals surface area contributed by atoms with Crippen LogP contribution in [0.4, 0.5) is 0 Å². The van der Waals surface area contributed by atoms with E-state index < -0.39 is 0 Å². The van der Waals surface area contributed by atoms with E-state index in [1.54, 1.807) is 0 Å². The number of hydrogen-bond acceptors (Lipinski definition) is 1. The molecule has 0 aliphatic heterocycles. The number of nitrogens with one attached hydrogen (secondary N) is 1. The summed E-state index contributed by atoms with van der Waals surface area (Å²) < 4.78 is 1.04. The molecule has 17 heavy (non-hydrogen) atoms. The van der Waals surface area contributed by atoms with Crippen molar-refractivity contribution in [1.29, 1.82) is 0 Å². The van der Waals surface area contributed by atoms with Gasteiger partial charge in [-0.3, -0.25) is 4.79 Å². The fourth-order valence-electron chi connectivity index (χ4n) is 1.75. The number of hydrogen-bond donors (Lipinski definition) is 1. The molecule has 3 heteroatoms. The van der Waals surface area contributed by atoms with Crippen LogP contribution in [0.5, 0.6) is 0 Å². The van der Waals surface area contributed by atoms with Crippen LogP contribution in [0.3, 0.4) is 0 Å². The van der Waals surface area contributed by atoms with Gasteiger partial charge in [0.25, 0.3) is 0 Å². The average molecular weight is 298 g/mol. The van der Waals surface area contributed by atoms with Gasteiger partial charge in [0.05, 0.1) is 6.04 Å². The van der Waals surface area contributed by atoms with Gasteiger partial charge in [-0.2, -0.15) is 0 Å². The zero-order valence-corrected chi connectivity index (χ0v) is 12.1. The molecule has 2 nitrogen and oxygen atoms in total. The van der Waals surface area contributed by atoms with Crippen molar-refractivity contribution in [3.8, 4) is 0 Å². The number of rotatable bonds is 6. The number of carbonyl (C=O) groups is 1. The average Bonchev–Trinajstić information content (AvgIpc) is 2.29. The minimum absolute atomic E-state index is 0.0553. The predicted molar refractivity (Wildman–Crippen MR) is 74.8 cm³/mol. The van der Waals surface area contributed by atoms with Gasteiger partial charge >= 0.3 is 0 Å². The fourth-order valence-corrected chi connectivity index (χ4v) is 2.38. The van der Waals surface area contributed by atoms with Crippen molar-refractivity contribution >= 4 is 21.8 Å². The van der Waals surface area contributed by atoms with E-state index in [1.807, 2.05) is 31.2 Å². The van der Waals surface area contributed by atoms with Crippen molar-refractivity contribution in [3.05, 3.63) is 34.3 Å². The summed E-state index contributed by atoms with van der Waals surface area (Å²) in [5, 5.41) is 3.03. The zero-order valence-electron chi connectivity index (χ0n) is 10.5. The number of halogens is 1.